The van der Waals surface area contributed by atoms with Crippen molar-refractivity contribution in [1.29, 1.82) is 0 Å². The van der Waals surface area contributed by atoms with Crippen molar-refractivity contribution in [2.45, 2.75) is 25.9 Å². The fourth-order valence-electron chi connectivity index (χ4n) is 2.24. The van der Waals surface area contributed by atoms with Crippen LogP contribution in [-0.4, -0.2) is 9.97 Å². The van der Waals surface area contributed by atoms with Crippen LogP contribution in [0.2, 0.25) is 0 Å². The molecule has 0 saturated heterocycles. The molecule has 1 aliphatic heterocycles. The molecule has 3 rings (SSSR count). The SMILES string of the molecule is Cc1nc(N2Cc3ccccc3C2)ncc1CCl. The molecule has 92 valence electrons. The maximum absolute atomic E-state index is 5.82. The van der Waals surface area contributed by atoms with Crippen molar-refractivity contribution in [2.24, 2.45) is 0 Å². The Morgan fingerprint density at radius 3 is 2.44 bits per heavy atom. The molecule has 3 nitrogen and oxygen atoms in total. The van der Waals surface area contributed by atoms with Gasteiger partial charge in [0.1, 0.15) is 0 Å². The second kappa shape index (κ2) is 4.58. The van der Waals surface area contributed by atoms with Crippen molar-refractivity contribution in [2.75, 3.05) is 4.90 Å². The average Bonchev–Trinajstić information content (AvgIpc) is 2.82. The van der Waals surface area contributed by atoms with E-state index in [1.165, 1.54) is 11.1 Å². The van der Waals surface area contributed by atoms with Gasteiger partial charge in [0.2, 0.25) is 5.95 Å². The zero-order chi connectivity index (χ0) is 12.5. The van der Waals surface area contributed by atoms with Gasteiger partial charge in [-0.2, -0.15) is 0 Å². The number of alkyl halides is 1. The second-order valence-electron chi connectivity index (χ2n) is 4.54. The fourth-order valence-corrected chi connectivity index (χ4v) is 2.50. The average molecular weight is 260 g/mol. The van der Waals surface area contributed by atoms with E-state index in [1.54, 1.807) is 0 Å². The lowest BCUT2D eigenvalue weighted by Gasteiger charge is -2.16. The Balaban J connectivity index is 1.88. The first-order valence-electron chi connectivity index (χ1n) is 5.98. The van der Waals surface area contributed by atoms with Crippen LogP contribution < -0.4 is 4.90 Å². The van der Waals surface area contributed by atoms with Crippen LogP contribution in [0.1, 0.15) is 22.4 Å². The Bertz CT molecular complexity index is 558. The van der Waals surface area contributed by atoms with E-state index in [9.17, 15) is 0 Å². The topological polar surface area (TPSA) is 29.0 Å². The quantitative estimate of drug-likeness (QED) is 0.777. The van der Waals surface area contributed by atoms with Gasteiger partial charge in [-0.15, -0.1) is 11.6 Å². The number of rotatable bonds is 2. The minimum atomic E-state index is 0.465. The van der Waals surface area contributed by atoms with E-state index in [-0.39, 0.29) is 0 Å². The van der Waals surface area contributed by atoms with E-state index in [0.717, 1.165) is 30.3 Å². The molecule has 1 aromatic carbocycles. The van der Waals surface area contributed by atoms with Gasteiger partial charge in [0.25, 0.3) is 0 Å². The zero-order valence-corrected chi connectivity index (χ0v) is 11.0. The zero-order valence-electron chi connectivity index (χ0n) is 10.2. The molecule has 0 bridgehead atoms. The molecule has 1 aliphatic rings. The van der Waals surface area contributed by atoms with Crippen LogP contribution >= 0.6 is 11.6 Å². The highest BCUT2D eigenvalue weighted by atomic mass is 35.5. The molecule has 0 fully saturated rings. The largest absolute Gasteiger partial charge is 0.332 e. The molecule has 18 heavy (non-hydrogen) atoms. The van der Waals surface area contributed by atoms with E-state index >= 15 is 0 Å². The van der Waals surface area contributed by atoms with Gasteiger partial charge >= 0.3 is 0 Å². The number of aromatic nitrogens is 2. The Morgan fingerprint density at radius 2 is 1.89 bits per heavy atom. The fraction of sp³-hybridized carbons (Fsp3) is 0.286. The number of nitrogens with zero attached hydrogens (tertiary/aromatic N) is 3. The molecule has 0 atom stereocenters. The first kappa shape index (κ1) is 11.5. The van der Waals surface area contributed by atoms with Crippen LogP contribution in [0.4, 0.5) is 5.95 Å². The molecular weight excluding hydrogens is 246 g/mol. The van der Waals surface area contributed by atoms with E-state index in [0.29, 0.717) is 5.88 Å². The number of anilines is 1. The number of benzene rings is 1. The highest BCUT2D eigenvalue weighted by molar-refractivity contribution is 6.17. The predicted molar refractivity (Wildman–Crippen MR) is 72.7 cm³/mol. The Hall–Kier alpha value is -1.61. The molecular formula is C14H14ClN3. The van der Waals surface area contributed by atoms with Crippen LogP contribution in [0, 0.1) is 6.92 Å². The molecule has 0 aliphatic carbocycles. The molecule has 0 N–H and O–H groups in total. The Morgan fingerprint density at radius 1 is 1.22 bits per heavy atom. The molecule has 0 spiro atoms. The molecule has 0 amide bonds. The molecule has 0 unspecified atom stereocenters. The van der Waals surface area contributed by atoms with Gasteiger partial charge in [0.05, 0.1) is 5.88 Å². The standard InChI is InChI=1S/C14H14ClN3/c1-10-13(6-15)7-16-14(17-10)18-8-11-4-2-3-5-12(11)9-18/h2-5,7H,6,8-9H2,1H3. The summed E-state index contributed by atoms with van der Waals surface area (Å²) in [6, 6.07) is 8.47. The summed E-state index contributed by atoms with van der Waals surface area (Å²) >= 11 is 5.82. The Labute approximate surface area is 111 Å². The maximum Gasteiger partial charge on any atom is 0.226 e. The number of fused-ring (bicyclic) bond motifs is 1. The van der Waals surface area contributed by atoms with E-state index < -0.39 is 0 Å². The lowest BCUT2D eigenvalue weighted by atomic mass is 10.1. The van der Waals surface area contributed by atoms with Gasteiger partial charge in [-0.25, -0.2) is 9.97 Å². The molecule has 2 heterocycles. The number of aryl methyl sites for hydroxylation is 1. The number of hydrogen-bond acceptors (Lipinski definition) is 3. The minimum Gasteiger partial charge on any atom is -0.332 e. The summed E-state index contributed by atoms with van der Waals surface area (Å²) in [6.45, 7) is 3.75. The summed E-state index contributed by atoms with van der Waals surface area (Å²) in [5.74, 6) is 1.25. The second-order valence-corrected chi connectivity index (χ2v) is 4.81. The van der Waals surface area contributed by atoms with Gasteiger partial charge in [-0.1, -0.05) is 24.3 Å². The van der Waals surface area contributed by atoms with Crippen LogP contribution in [0.5, 0.6) is 0 Å². The summed E-state index contributed by atoms with van der Waals surface area (Å²) in [6.07, 6.45) is 1.83. The summed E-state index contributed by atoms with van der Waals surface area (Å²) in [5.41, 5.74) is 4.68. The lowest BCUT2D eigenvalue weighted by molar-refractivity contribution is 0.818. The normalized spacial score (nSPS) is 13.8. The highest BCUT2D eigenvalue weighted by Crippen LogP contribution is 2.26. The third-order valence-electron chi connectivity index (χ3n) is 3.34. The monoisotopic (exact) mass is 259 g/mol. The van der Waals surface area contributed by atoms with Gasteiger partial charge in [0, 0.05) is 30.5 Å². The van der Waals surface area contributed by atoms with Crippen molar-refractivity contribution < 1.29 is 0 Å². The highest BCUT2D eigenvalue weighted by Gasteiger charge is 2.20. The minimum absolute atomic E-state index is 0.465. The van der Waals surface area contributed by atoms with Crippen molar-refractivity contribution in [3.05, 3.63) is 52.8 Å². The van der Waals surface area contributed by atoms with E-state index in [2.05, 4.69) is 39.1 Å². The van der Waals surface area contributed by atoms with Crippen LogP contribution in [0.15, 0.2) is 30.5 Å². The van der Waals surface area contributed by atoms with Crippen molar-refractivity contribution in [1.82, 2.24) is 9.97 Å². The number of halogens is 1. The first-order valence-corrected chi connectivity index (χ1v) is 6.51. The third kappa shape index (κ3) is 1.95. The summed E-state index contributed by atoms with van der Waals surface area (Å²) < 4.78 is 0. The third-order valence-corrected chi connectivity index (χ3v) is 3.62. The van der Waals surface area contributed by atoms with Crippen molar-refractivity contribution >= 4 is 17.5 Å². The number of hydrogen-bond donors (Lipinski definition) is 0. The van der Waals surface area contributed by atoms with Gasteiger partial charge in [-0.05, 0) is 18.1 Å². The molecule has 0 radical (unpaired) electrons. The molecule has 0 saturated carbocycles. The van der Waals surface area contributed by atoms with Gasteiger partial charge in [-0.3, -0.25) is 0 Å². The van der Waals surface area contributed by atoms with E-state index in [4.69, 9.17) is 11.6 Å². The predicted octanol–water partition coefficient (Wildman–Crippen LogP) is 3.04. The molecule has 1 aromatic heterocycles. The van der Waals surface area contributed by atoms with Gasteiger partial charge < -0.3 is 4.90 Å². The van der Waals surface area contributed by atoms with Crippen LogP contribution in [-0.2, 0) is 19.0 Å². The van der Waals surface area contributed by atoms with Crippen LogP contribution in [0.25, 0.3) is 0 Å². The summed E-state index contributed by atoms with van der Waals surface area (Å²) in [7, 11) is 0. The first-order chi connectivity index (χ1) is 8.78. The van der Waals surface area contributed by atoms with Crippen LogP contribution in [0.3, 0.4) is 0 Å². The van der Waals surface area contributed by atoms with Crippen molar-refractivity contribution in [3.8, 4) is 0 Å². The summed E-state index contributed by atoms with van der Waals surface area (Å²) in [5, 5.41) is 0. The van der Waals surface area contributed by atoms with Crippen molar-refractivity contribution in [3.63, 3.8) is 0 Å². The maximum atomic E-state index is 5.82. The molecule has 2 aromatic rings. The van der Waals surface area contributed by atoms with E-state index in [1.807, 2.05) is 13.1 Å². The summed E-state index contributed by atoms with van der Waals surface area (Å²) in [4.78, 5) is 11.1. The smallest absolute Gasteiger partial charge is 0.226 e. The lowest BCUT2D eigenvalue weighted by Crippen LogP contribution is -2.18. The van der Waals surface area contributed by atoms with Gasteiger partial charge in [0.15, 0.2) is 0 Å². The Kier molecular flexibility index (Phi) is 2.92. The molecule has 4 heteroatoms.